The van der Waals surface area contributed by atoms with Gasteiger partial charge in [-0.05, 0) is 56.8 Å². The third kappa shape index (κ3) is 2.93. The average Bonchev–Trinajstić information content (AvgIpc) is 3.05. The molecule has 4 aromatic carbocycles. The molecule has 1 heterocycles. The van der Waals surface area contributed by atoms with Crippen LogP contribution in [0.2, 0.25) is 5.28 Å². The Bertz CT molecular complexity index is 1520. The first-order chi connectivity index (χ1) is 15.5. The molecule has 0 radical (unpaired) electrons. The van der Waals surface area contributed by atoms with Gasteiger partial charge in [-0.25, -0.2) is 4.98 Å². The standard InChI is InChI=1S/C28H20ClN3/c1-28(2)23-10-6-5-9-21(23)22-16-20(13-14-24(22)28)26-30-25(31-27(29)32-26)19-12-11-17-7-3-4-8-18(17)15-19/h3-16H,1-2H3. The summed E-state index contributed by atoms with van der Waals surface area (Å²) in [5.41, 5.74) is 6.98. The second-order valence-corrected chi connectivity index (χ2v) is 9.08. The molecule has 0 unspecified atom stereocenters. The Balaban J connectivity index is 1.49. The molecule has 32 heavy (non-hydrogen) atoms. The van der Waals surface area contributed by atoms with E-state index in [9.17, 15) is 0 Å². The van der Waals surface area contributed by atoms with E-state index in [4.69, 9.17) is 16.6 Å². The van der Waals surface area contributed by atoms with Gasteiger partial charge < -0.3 is 0 Å². The number of aromatic nitrogens is 3. The largest absolute Gasteiger partial charge is 0.226 e. The van der Waals surface area contributed by atoms with E-state index < -0.39 is 0 Å². The Morgan fingerprint density at radius 3 is 2.03 bits per heavy atom. The predicted molar refractivity (Wildman–Crippen MR) is 131 cm³/mol. The van der Waals surface area contributed by atoms with Gasteiger partial charge >= 0.3 is 0 Å². The minimum absolute atomic E-state index is 0.0303. The van der Waals surface area contributed by atoms with Crippen molar-refractivity contribution in [3.05, 3.63) is 101 Å². The van der Waals surface area contributed by atoms with E-state index in [1.807, 2.05) is 18.2 Å². The first kappa shape index (κ1) is 19.1. The molecule has 4 heteroatoms. The van der Waals surface area contributed by atoms with Crippen molar-refractivity contribution < 1.29 is 0 Å². The maximum atomic E-state index is 6.35. The summed E-state index contributed by atoms with van der Waals surface area (Å²) in [7, 11) is 0. The van der Waals surface area contributed by atoms with Crippen LogP contribution >= 0.6 is 11.6 Å². The van der Waals surface area contributed by atoms with Crippen molar-refractivity contribution in [2.75, 3.05) is 0 Å². The molecular weight excluding hydrogens is 414 g/mol. The van der Waals surface area contributed by atoms with Gasteiger partial charge in [0.15, 0.2) is 11.6 Å². The lowest BCUT2D eigenvalue weighted by Crippen LogP contribution is -2.14. The minimum atomic E-state index is -0.0303. The summed E-state index contributed by atoms with van der Waals surface area (Å²) in [6.45, 7) is 4.55. The predicted octanol–water partition coefficient (Wildman–Crippen LogP) is 7.32. The fraction of sp³-hybridized carbons (Fsp3) is 0.107. The number of benzene rings is 4. The highest BCUT2D eigenvalue weighted by Gasteiger charge is 2.35. The fourth-order valence-electron chi connectivity index (χ4n) is 4.80. The molecule has 1 aliphatic carbocycles. The summed E-state index contributed by atoms with van der Waals surface area (Å²) >= 11 is 6.35. The first-order valence-corrected chi connectivity index (χ1v) is 11.0. The van der Waals surface area contributed by atoms with E-state index >= 15 is 0 Å². The van der Waals surface area contributed by atoms with Crippen LogP contribution in [0.15, 0.2) is 84.9 Å². The van der Waals surface area contributed by atoms with Gasteiger partial charge in [-0.3, -0.25) is 0 Å². The Morgan fingerprint density at radius 1 is 0.594 bits per heavy atom. The summed E-state index contributed by atoms with van der Waals surface area (Å²) in [6, 6.07) is 29.5. The number of halogens is 1. The normalized spacial score (nSPS) is 13.7. The molecule has 0 N–H and O–H groups in total. The lowest BCUT2D eigenvalue weighted by atomic mass is 9.82. The SMILES string of the molecule is CC1(C)c2ccccc2-c2cc(-c3nc(Cl)nc(-c4ccc5ccccc5c4)n3)ccc21. The molecule has 154 valence electrons. The van der Waals surface area contributed by atoms with Crippen LogP contribution in [-0.4, -0.2) is 15.0 Å². The summed E-state index contributed by atoms with van der Waals surface area (Å²) in [4.78, 5) is 13.7. The van der Waals surface area contributed by atoms with Crippen LogP contribution in [0.5, 0.6) is 0 Å². The average molecular weight is 434 g/mol. The molecular formula is C28H20ClN3. The summed E-state index contributed by atoms with van der Waals surface area (Å²) in [5, 5.41) is 2.51. The second kappa shape index (κ2) is 6.98. The smallest absolute Gasteiger partial charge is 0.208 e. The lowest BCUT2D eigenvalue weighted by molar-refractivity contribution is 0.660. The van der Waals surface area contributed by atoms with E-state index in [-0.39, 0.29) is 10.7 Å². The third-order valence-corrected chi connectivity index (χ3v) is 6.63. The molecule has 0 spiro atoms. The quantitative estimate of drug-likeness (QED) is 0.292. The van der Waals surface area contributed by atoms with E-state index in [1.165, 1.54) is 27.6 Å². The van der Waals surface area contributed by atoms with Crippen molar-refractivity contribution in [1.82, 2.24) is 15.0 Å². The zero-order chi connectivity index (χ0) is 21.9. The molecule has 0 atom stereocenters. The minimum Gasteiger partial charge on any atom is -0.208 e. The van der Waals surface area contributed by atoms with Crippen LogP contribution in [0.4, 0.5) is 0 Å². The van der Waals surface area contributed by atoms with Crippen LogP contribution in [0.1, 0.15) is 25.0 Å². The number of hydrogen-bond donors (Lipinski definition) is 0. The molecule has 1 aromatic heterocycles. The van der Waals surface area contributed by atoms with Crippen LogP contribution in [0, 0.1) is 0 Å². The first-order valence-electron chi connectivity index (χ1n) is 10.7. The van der Waals surface area contributed by atoms with Gasteiger partial charge in [-0.1, -0.05) is 86.6 Å². The Morgan fingerprint density at radius 2 is 1.22 bits per heavy atom. The maximum absolute atomic E-state index is 6.35. The molecule has 3 nitrogen and oxygen atoms in total. The summed E-state index contributed by atoms with van der Waals surface area (Å²) < 4.78 is 0. The molecule has 5 aromatic rings. The van der Waals surface area contributed by atoms with Gasteiger partial charge in [0, 0.05) is 16.5 Å². The zero-order valence-electron chi connectivity index (χ0n) is 17.8. The van der Waals surface area contributed by atoms with E-state index in [0.29, 0.717) is 11.6 Å². The van der Waals surface area contributed by atoms with Gasteiger partial charge in [0.05, 0.1) is 0 Å². The lowest BCUT2D eigenvalue weighted by Gasteiger charge is -2.21. The van der Waals surface area contributed by atoms with Crippen LogP contribution in [0.3, 0.4) is 0 Å². The topological polar surface area (TPSA) is 38.7 Å². The van der Waals surface area contributed by atoms with Crippen LogP contribution in [-0.2, 0) is 5.41 Å². The van der Waals surface area contributed by atoms with Crippen molar-refractivity contribution in [1.29, 1.82) is 0 Å². The Labute approximate surface area is 191 Å². The number of fused-ring (bicyclic) bond motifs is 4. The van der Waals surface area contributed by atoms with Crippen molar-refractivity contribution in [2.24, 2.45) is 0 Å². The molecule has 0 bridgehead atoms. The molecule has 0 saturated heterocycles. The maximum Gasteiger partial charge on any atom is 0.226 e. The Kier molecular flexibility index (Phi) is 4.17. The van der Waals surface area contributed by atoms with Crippen molar-refractivity contribution in [3.8, 4) is 33.9 Å². The van der Waals surface area contributed by atoms with Gasteiger partial charge in [-0.2, -0.15) is 9.97 Å². The van der Waals surface area contributed by atoms with Gasteiger partial charge in [-0.15, -0.1) is 0 Å². The van der Waals surface area contributed by atoms with Crippen LogP contribution in [0.25, 0.3) is 44.7 Å². The van der Waals surface area contributed by atoms with Gasteiger partial charge in [0.25, 0.3) is 0 Å². The molecule has 6 rings (SSSR count). The van der Waals surface area contributed by atoms with Crippen molar-refractivity contribution in [2.45, 2.75) is 19.3 Å². The van der Waals surface area contributed by atoms with Gasteiger partial charge in [0.1, 0.15) is 0 Å². The molecule has 0 amide bonds. The summed E-state index contributed by atoms with van der Waals surface area (Å²) in [6.07, 6.45) is 0. The third-order valence-electron chi connectivity index (χ3n) is 6.46. The number of rotatable bonds is 2. The summed E-state index contributed by atoms with van der Waals surface area (Å²) in [5.74, 6) is 1.16. The van der Waals surface area contributed by atoms with Crippen molar-refractivity contribution >= 4 is 22.4 Å². The highest BCUT2D eigenvalue weighted by Crippen LogP contribution is 2.49. The highest BCUT2D eigenvalue weighted by molar-refractivity contribution is 6.28. The Hall–Kier alpha value is -3.56. The van der Waals surface area contributed by atoms with Crippen molar-refractivity contribution in [3.63, 3.8) is 0 Å². The monoisotopic (exact) mass is 433 g/mol. The molecule has 0 fully saturated rings. The van der Waals surface area contributed by atoms with E-state index in [1.54, 1.807) is 0 Å². The van der Waals surface area contributed by atoms with Gasteiger partial charge in [0.2, 0.25) is 5.28 Å². The van der Waals surface area contributed by atoms with E-state index in [2.05, 4.69) is 90.5 Å². The second-order valence-electron chi connectivity index (χ2n) is 8.74. The highest BCUT2D eigenvalue weighted by atomic mass is 35.5. The molecule has 1 aliphatic rings. The van der Waals surface area contributed by atoms with E-state index in [0.717, 1.165) is 16.5 Å². The molecule has 0 aliphatic heterocycles. The zero-order valence-corrected chi connectivity index (χ0v) is 18.6. The number of hydrogen-bond acceptors (Lipinski definition) is 3. The van der Waals surface area contributed by atoms with Crippen LogP contribution < -0.4 is 0 Å². The fourth-order valence-corrected chi connectivity index (χ4v) is 4.96. The number of nitrogens with zero attached hydrogens (tertiary/aromatic N) is 3. The molecule has 0 saturated carbocycles.